The summed E-state index contributed by atoms with van der Waals surface area (Å²) in [6, 6.07) is 0. The normalized spacial score (nSPS) is 52.3. The van der Waals surface area contributed by atoms with Crippen molar-refractivity contribution in [3.63, 3.8) is 0 Å². The van der Waals surface area contributed by atoms with Gasteiger partial charge in [0, 0.05) is 24.2 Å². The minimum Gasteiger partial charge on any atom is -0.458 e. The minimum atomic E-state index is -0.429. The molecule has 5 aliphatic rings. The number of hydrogen-bond acceptors (Lipinski definition) is 4. The maximum Gasteiger partial charge on any atom is 0.306 e. The molecule has 4 aliphatic carbocycles. The lowest BCUT2D eigenvalue weighted by Crippen LogP contribution is -2.58. The van der Waals surface area contributed by atoms with E-state index in [0.717, 1.165) is 31.3 Å². The maximum atomic E-state index is 11.9. The van der Waals surface area contributed by atoms with Crippen molar-refractivity contribution in [3.05, 3.63) is 23.8 Å². The number of aliphatic hydroxyl groups excluding tert-OH is 1. The van der Waals surface area contributed by atoms with Gasteiger partial charge in [0.15, 0.2) is 5.78 Å². The van der Waals surface area contributed by atoms with Crippen LogP contribution in [0.5, 0.6) is 0 Å². The quantitative estimate of drug-likeness (QED) is 0.676. The molecule has 0 aromatic carbocycles. The average Bonchev–Trinajstić information content (AvgIpc) is 3.09. The molecule has 1 saturated heterocycles. The summed E-state index contributed by atoms with van der Waals surface area (Å²) >= 11 is 0. The van der Waals surface area contributed by atoms with E-state index in [0.29, 0.717) is 25.2 Å². The summed E-state index contributed by atoms with van der Waals surface area (Å²) in [7, 11) is 0. The highest BCUT2D eigenvalue weighted by Gasteiger charge is 2.68. The van der Waals surface area contributed by atoms with Crippen LogP contribution in [0, 0.1) is 28.6 Å². The lowest BCUT2D eigenvalue weighted by molar-refractivity contribution is -0.177. The lowest BCUT2D eigenvalue weighted by atomic mass is 9.47. The van der Waals surface area contributed by atoms with Crippen LogP contribution in [0.25, 0.3) is 0 Å². The molecule has 1 heterocycles. The van der Waals surface area contributed by atoms with Crippen molar-refractivity contribution in [3.8, 4) is 0 Å². The number of carbonyl (C=O) groups excluding carboxylic acids is 2. The molecule has 0 aromatic heterocycles. The number of fused-ring (bicyclic) bond motifs is 6. The summed E-state index contributed by atoms with van der Waals surface area (Å²) in [5.74, 6) is 0.989. The molecule has 140 valence electrons. The molecule has 1 N–H and O–H groups in total. The fraction of sp³-hybridized carbons (Fsp3) is 0.727. The second kappa shape index (κ2) is 5.09. The number of ketones is 1. The van der Waals surface area contributed by atoms with Gasteiger partial charge in [0.05, 0.1) is 6.10 Å². The van der Waals surface area contributed by atoms with Gasteiger partial charge in [-0.1, -0.05) is 26.0 Å². The van der Waals surface area contributed by atoms with Crippen molar-refractivity contribution in [1.82, 2.24) is 0 Å². The Bertz CT molecular complexity index is 751. The van der Waals surface area contributed by atoms with Gasteiger partial charge in [-0.05, 0) is 61.0 Å². The highest BCUT2D eigenvalue weighted by Crippen LogP contribution is 2.68. The van der Waals surface area contributed by atoms with Crippen LogP contribution in [0.1, 0.15) is 58.8 Å². The molecule has 3 fully saturated rings. The van der Waals surface area contributed by atoms with Crippen LogP contribution in [0.2, 0.25) is 0 Å². The van der Waals surface area contributed by atoms with Gasteiger partial charge in [-0.2, -0.15) is 0 Å². The molecule has 0 unspecified atom stereocenters. The largest absolute Gasteiger partial charge is 0.458 e. The molecule has 4 nitrogen and oxygen atoms in total. The van der Waals surface area contributed by atoms with Crippen molar-refractivity contribution >= 4 is 11.8 Å². The van der Waals surface area contributed by atoms with Gasteiger partial charge in [0.25, 0.3) is 0 Å². The molecule has 5 rings (SSSR count). The molecule has 26 heavy (non-hydrogen) atoms. The van der Waals surface area contributed by atoms with Gasteiger partial charge >= 0.3 is 5.97 Å². The Labute approximate surface area is 154 Å². The van der Waals surface area contributed by atoms with E-state index in [-0.39, 0.29) is 40.0 Å². The van der Waals surface area contributed by atoms with Crippen LogP contribution >= 0.6 is 0 Å². The number of esters is 1. The Hall–Kier alpha value is -1.42. The summed E-state index contributed by atoms with van der Waals surface area (Å²) < 4.78 is 5.93. The van der Waals surface area contributed by atoms with Crippen molar-refractivity contribution in [2.45, 2.75) is 70.5 Å². The predicted molar refractivity (Wildman–Crippen MR) is 96.1 cm³/mol. The first-order valence-corrected chi connectivity index (χ1v) is 10.1. The van der Waals surface area contributed by atoms with E-state index in [9.17, 15) is 14.7 Å². The van der Waals surface area contributed by atoms with Crippen LogP contribution < -0.4 is 0 Å². The van der Waals surface area contributed by atoms with Crippen LogP contribution in [0.15, 0.2) is 23.8 Å². The molecule has 7 atom stereocenters. The van der Waals surface area contributed by atoms with Gasteiger partial charge in [0.1, 0.15) is 5.60 Å². The molecule has 2 saturated carbocycles. The van der Waals surface area contributed by atoms with Gasteiger partial charge in [-0.25, -0.2) is 0 Å². The van der Waals surface area contributed by atoms with Crippen molar-refractivity contribution in [2.75, 3.05) is 0 Å². The van der Waals surface area contributed by atoms with Gasteiger partial charge in [-0.15, -0.1) is 0 Å². The molecular weight excluding hydrogens is 328 g/mol. The van der Waals surface area contributed by atoms with E-state index < -0.39 is 6.10 Å². The van der Waals surface area contributed by atoms with Crippen LogP contribution in [0.3, 0.4) is 0 Å². The Balaban J connectivity index is 1.58. The third kappa shape index (κ3) is 1.89. The third-order valence-electron chi connectivity index (χ3n) is 8.79. The van der Waals surface area contributed by atoms with Gasteiger partial charge in [0.2, 0.25) is 0 Å². The summed E-state index contributed by atoms with van der Waals surface area (Å²) in [6.45, 7) is 4.48. The molecule has 1 spiro atoms. The smallest absolute Gasteiger partial charge is 0.306 e. The van der Waals surface area contributed by atoms with E-state index in [2.05, 4.69) is 26.0 Å². The summed E-state index contributed by atoms with van der Waals surface area (Å²) in [5.41, 5.74) is 0.425. The fourth-order valence-electron chi connectivity index (χ4n) is 7.41. The lowest BCUT2D eigenvalue weighted by Gasteiger charge is -2.58. The number of carbonyl (C=O) groups is 2. The van der Waals surface area contributed by atoms with Gasteiger partial charge < -0.3 is 9.84 Å². The molecule has 1 aliphatic heterocycles. The maximum absolute atomic E-state index is 11.9. The highest BCUT2D eigenvalue weighted by molar-refractivity contribution is 5.92. The topological polar surface area (TPSA) is 63.6 Å². The van der Waals surface area contributed by atoms with Gasteiger partial charge in [-0.3, -0.25) is 9.59 Å². The first-order chi connectivity index (χ1) is 12.3. The van der Waals surface area contributed by atoms with Crippen LogP contribution in [0.4, 0.5) is 0 Å². The second-order valence-corrected chi connectivity index (χ2v) is 9.75. The molecule has 0 amide bonds. The molecule has 0 bridgehead atoms. The first kappa shape index (κ1) is 16.7. The Kier molecular flexibility index (Phi) is 3.28. The van der Waals surface area contributed by atoms with E-state index in [1.165, 1.54) is 0 Å². The van der Waals surface area contributed by atoms with E-state index in [1.54, 1.807) is 6.08 Å². The number of hydrogen-bond donors (Lipinski definition) is 1. The molecule has 0 aromatic rings. The Morgan fingerprint density at radius 2 is 1.96 bits per heavy atom. The fourth-order valence-corrected chi connectivity index (χ4v) is 7.41. The Morgan fingerprint density at radius 1 is 1.15 bits per heavy atom. The molecular formula is C22H28O4. The minimum absolute atomic E-state index is 0.0781. The third-order valence-corrected chi connectivity index (χ3v) is 8.79. The van der Waals surface area contributed by atoms with E-state index in [4.69, 9.17) is 4.74 Å². The van der Waals surface area contributed by atoms with Crippen molar-refractivity contribution in [1.29, 1.82) is 0 Å². The highest BCUT2D eigenvalue weighted by atomic mass is 16.6. The van der Waals surface area contributed by atoms with Crippen LogP contribution in [-0.2, 0) is 14.3 Å². The summed E-state index contributed by atoms with van der Waals surface area (Å²) in [4.78, 5) is 23.8. The summed E-state index contributed by atoms with van der Waals surface area (Å²) in [6.07, 6.45) is 11.1. The van der Waals surface area contributed by atoms with Crippen molar-refractivity contribution in [2.24, 2.45) is 28.6 Å². The SMILES string of the molecule is C[C@]12CCC(=O)C=C1C=C[C@H]1[C@H]2[C@@H](O)C[C@]2(C)[C@@H]1CC[C@@]21CCC(=O)O1. The standard InChI is InChI=1S/C22H28O4/c1-20-8-5-14(23)11-13(20)3-4-15-16-6-9-22(10-7-18(25)26-22)21(16,2)12-17(24)19(15)20/h3-4,11,15-17,19,24H,5-10,12H2,1-2H3/t15-,16-,17+,19+,20+,21-,22-/m1/s1. The Morgan fingerprint density at radius 3 is 2.69 bits per heavy atom. The number of allylic oxidation sites excluding steroid dienone is 4. The molecule has 4 heteroatoms. The zero-order valence-electron chi connectivity index (χ0n) is 15.7. The average molecular weight is 356 g/mol. The molecule has 0 radical (unpaired) electrons. The number of ether oxygens (including phenoxy) is 1. The summed E-state index contributed by atoms with van der Waals surface area (Å²) in [5, 5.41) is 11.3. The number of aliphatic hydroxyl groups is 1. The first-order valence-electron chi connectivity index (χ1n) is 10.1. The predicted octanol–water partition coefficient (Wildman–Crippen LogP) is 3.34. The van der Waals surface area contributed by atoms with Crippen LogP contribution in [-0.4, -0.2) is 28.6 Å². The monoisotopic (exact) mass is 356 g/mol. The zero-order valence-corrected chi connectivity index (χ0v) is 15.7. The second-order valence-electron chi connectivity index (χ2n) is 9.75. The van der Waals surface area contributed by atoms with E-state index in [1.807, 2.05) is 0 Å². The van der Waals surface area contributed by atoms with Crippen molar-refractivity contribution < 1.29 is 19.4 Å². The number of rotatable bonds is 0. The zero-order chi connectivity index (χ0) is 18.3. The van der Waals surface area contributed by atoms with E-state index >= 15 is 0 Å².